The molecule has 27 heavy (non-hydrogen) atoms. The quantitative estimate of drug-likeness (QED) is 0.614. The van der Waals surface area contributed by atoms with Gasteiger partial charge in [-0.25, -0.2) is 9.37 Å². The number of carbonyl (C=O) groups is 1. The number of aromatic hydroxyl groups is 1. The van der Waals surface area contributed by atoms with Crippen molar-refractivity contribution in [3.05, 3.63) is 46.3 Å². The fourth-order valence-corrected chi connectivity index (χ4v) is 5.03. The second kappa shape index (κ2) is 6.90. The lowest BCUT2D eigenvalue weighted by molar-refractivity contribution is -0.930. The first-order chi connectivity index (χ1) is 13.0. The summed E-state index contributed by atoms with van der Waals surface area (Å²) in [7, 11) is 0. The number of nitrogens with zero attached hydrogens (tertiary/aromatic N) is 3. The molecule has 142 valence electrons. The van der Waals surface area contributed by atoms with E-state index < -0.39 is 6.04 Å². The minimum absolute atomic E-state index is 0.00613. The summed E-state index contributed by atoms with van der Waals surface area (Å²) < 4.78 is 16.1. The summed E-state index contributed by atoms with van der Waals surface area (Å²) in [5.41, 5.74) is 5.96. The van der Waals surface area contributed by atoms with Crippen LogP contribution >= 0.6 is 11.3 Å². The Kier molecular flexibility index (Phi) is 4.56. The van der Waals surface area contributed by atoms with Gasteiger partial charge in [0.1, 0.15) is 16.5 Å². The molecule has 0 saturated carbocycles. The normalized spacial score (nSPS) is 21.4. The molecular weight excluding hydrogens is 369 g/mol. The maximum absolute atomic E-state index is 14.7. The van der Waals surface area contributed by atoms with E-state index in [9.17, 15) is 14.3 Å². The number of halogens is 1. The summed E-state index contributed by atoms with van der Waals surface area (Å²) in [5.74, 6) is -0.183. The van der Waals surface area contributed by atoms with Crippen molar-refractivity contribution in [1.29, 1.82) is 0 Å². The van der Waals surface area contributed by atoms with Gasteiger partial charge in [0.05, 0.1) is 18.7 Å². The Morgan fingerprint density at radius 2 is 2.11 bits per heavy atom. The van der Waals surface area contributed by atoms with Gasteiger partial charge in [-0.15, -0.1) is 5.10 Å². The number of thiazole rings is 1. The SMILES string of the molecule is Cc1nc2sc([C@H](c3ccccc3F)[NH+]3CCC(C(N)=O)CC3)c(O)n2n1. The molecule has 7 nitrogen and oxygen atoms in total. The Morgan fingerprint density at radius 3 is 2.74 bits per heavy atom. The minimum atomic E-state index is -0.395. The molecule has 2 aromatic heterocycles. The van der Waals surface area contributed by atoms with Gasteiger partial charge >= 0.3 is 0 Å². The standard InChI is InChI=1S/C18H20FN5O2S/c1-10-21-18-24(22-10)17(26)15(27-18)14(12-4-2-3-5-13(12)19)23-8-6-11(7-9-23)16(20)25/h2-5,11,14,26H,6-9H2,1H3,(H2,20,25)/p+1/t14-/m0/s1. The second-order valence-corrected chi connectivity index (χ2v) is 7.94. The molecule has 1 amide bonds. The number of amides is 1. The highest BCUT2D eigenvalue weighted by atomic mass is 32.1. The molecule has 1 aliphatic rings. The molecule has 1 saturated heterocycles. The number of hydrogen-bond acceptors (Lipinski definition) is 5. The fraction of sp³-hybridized carbons (Fsp3) is 0.389. The number of aryl methyl sites for hydroxylation is 1. The zero-order valence-corrected chi connectivity index (χ0v) is 15.7. The van der Waals surface area contributed by atoms with Crippen LogP contribution in [0.4, 0.5) is 4.39 Å². The summed E-state index contributed by atoms with van der Waals surface area (Å²) in [5, 5.41) is 15.0. The highest BCUT2D eigenvalue weighted by molar-refractivity contribution is 7.17. The molecule has 4 N–H and O–H groups in total. The van der Waals surface area contributed by atoms with Crippen LogP contribution in [0.5, 0.6) is 5.88 Å². The Hall–Kier alpha value is -2.52. The van der Waals surface area contributed by atoms with Gasteiger partial charge in [0, 0.05) is 18.8 Å². The van der Waals surface area contributed by atoms with Crippen LogP contribution in [0.1, 0.15) is 35.1 Å². The molecule has 0 bridgehead atoms. The first-order valence-corrected chi connectivity index (χ1v) is 9.70. The molecular formula is C18H21FN5O2S+. The van der Waals surface area contributed by atoms with Crippen LogP contribution < -0.4 is 10.6 Å². The Labute approximate surface area is 159 Å². The van der Waals surface area contributed by atoms with Crippen molar-refractivity contribution in [2.45, 2.75) is 25.8 Å². The van der Waals surface area contributed by atoms with Crippen LogP contribution in [0.15, 0.2) is 24.3 Å². The van der Waals surface area contributed by atoms with E-state index in [0.717, 1.165) is 4.90 Å². The van der Waals surface area contributed by atoms with Crippen LogP contribution in [0.3, 0.4) is 0 Å². The van der Waals surface area contributed by atoms with Crippen LogP contribution in [0.2, 0.25) is 0 Å². The van der Waals surface area contributed by atoms with E-state index in [0.29, 0.717) is 47.2 Å². The van der Waals surface area contributed by atoms with E-state index in [2.05, 4.69) is 10.1 Å². The first kappa shape index (κ1) is 17.9. The first-order valence-electron chi connectivity index (χ1n) is 8.89. The van der Waals surface area contributed by atoms with E-state index in [1.165, 1.54) is 21.9 Å². The van der Waals surface area contributed by atoms with Gasteiger partial charge in [-0.1, -0.05) is 23.5 Å². The molecule has 9 heteroatoms. The van der Waals surface area contributed by atoms with Crippen molar-refractivity contribution >= 4 is 22.2 Å². The summed E-state index contributed by atoms with van der Waals surface area (Å²) in [6.07, 6.45) is 1.30. The van der Waals surface area contributed by atoms with Gasteiger partial charge in [-0.05, 0) is 19.1 Å². The van der Waals surface area contributed by atoms with Crippen molar-refractivity contribution < 1.29 is 19.2 Å². The lowest BCUT2D eigenvalue weighted by Gasteiger charge is -2.33. The highest BCUT2D eigenvalue weighted by Crippen LogP contribution is 2.36. The molecule has 1 aliphatic heterocycles. The number of primary amides is 1. The Bertz CT molecular complexity index is 993. The third kappa shape index (κ3) is 3.17. The lowest BCUT2D eigenvalue weighted by Crippen LogP contribution is -3.13. The molecule has 0 radical (unpaired) electrons. The average Bonchev–Trinajstić information content (AvgIpc) is 3.15. The predicted molar refractivity (Wildman–Crippen MR) is 98.1 cm³/mol. The number of piperidine rings is 1. The number of aromatic nitrogens is 3. The van der Waals surface area contributed by atoms with Gasteiger partial charge < -0.3 is 15.7 Å². The van der Waals surface area contributed by atoms with Crippen LogP contribution in [-0.4, -0.2) is 38.7 Å². The summed E-state index contributed by atoms with van der Waals surface area (Å²) in [6.45, 7) is 3.09. The number of rotatable bonds is 4. The summed E-state index contributed by atoms with van der Waals surface area (Å²) in [6, 6.07) is 6.22. The molecule has 1 fully saturated rings. The monoisotopic (exact) mass is 390 g/mol. The van der Waals surface area contributed by atoms with Crippen molar-refractivity contribution in [2.75, 3.05) is 13.1 Å². The van der Waals surface area contributed by atoms with Crippen LogP contribution in [-0.2, 0) is 4.79 Å². The van der Waals surface area contributed by atoms with E-state index in [1.807, 2.05) is 0 Å². The number of likely N-dealkylation sites (tertiary alicyclic amines) is 1. The minimum Gasteiger partial charge on any atom is -0.492 e. The molecule has 1 aromatic carbocycles. The van der Waals surface area contributed by atoms with E-state index in [4.69, 9.17) is 5.73 Å². The van der Waals surface area contributed by atoms with Crippen molar-refractivity contribution in [3.63, 3.8) is 0 Å². The topological polar surface area (TPSA) is 98.0 Å². The Morgan fingerprint density at radius 1 is 1.41 bits per heavy atom. The van der Waals surface area contributed by atoms with Gasteiger partial charge in [0.2, 0.25) is 16.7 Å². The van der Waals surface area contributed by atoms with Gasteiger partial charge in [-0.3, -0.25) is 4.79 Å². The largest absolute Gasteiger partial charge is 0.492 e. The fourth-order valence-electron chi connectivity index (χ4n) is 3.85. The number of fused-ring (bicyclic) bond motifs is 1. The Balaban J connectivity index is 1.77. The molecule has 0 aliphatic carbocycles. The van der Waals surface area contributed by atoms with Gasteiger partial charge in [0.15, 0.2) is 6.04 Å². The molecule has 3 aromatic rings. The number of nitrogens with two attached hydrogens (primary N) is 1. The molecule has 4 rings (SSSR count). The predicted octanol–water partition coefficient (Wildman–Crippen LogP) is 0.814. The van der Waals surface area contributed by atoms with E-state index in [1.54, 1.807) is 25.1 Å². The maximum Gasteiger partial charge on any atom is 0.235 e. The highest BCUT2D eigenvalue weighted by Gasteiger charge is 2.37. The van der Waals surface area contributed by atoms with Crippen LogP contribution in [0.25, 0.3) is 4.96 Å². The zero-order valence-electron chi connectivity index (χ0n) is 14.9. The number of benzene rings is 1. The lowest BCUT2D eigenvalue weighted by atomic mass is 9.93. The number of quaternary nitrogens is 1. The smallest absolute Gasteiger partial charge is 0.235 e. The average molecular weight is 390 g/mol. The zero-order chi connectivity index (χ0) is 19.1. The number of hydrogen-bond donors (Lipinski definition) is 3. The second-order valence-electron chi connectivity index (χ2n) is 6.93. The maximum atomic E-state index is 14.7. The van der Waals surface area contributed by atoms with E-state index in [-0.39, 0.29) is 23.5 Å². The van der Waals surface area contributed by atoms with Crippen molar-refractivity contribution in [1.82, 2.24) is 14.6 Å². The van der Waals surface area contributed by atoms with Gasteiger partial charge in [-0.2, -0.15) is 4.52 Å². The van der Waals surface area contributed by atoms with Crippen molar-refractivity contribution in [3.8, 4) is 5.88 Å². The molecule has 0 unspecified atom stereocenters. The summed E-state index contributed by atoms with van der Waals surface area (Å²) >= 11 is 1.32. The van der Waals surface area contributed by atoms with Crippen molar-refractivity contribution in [2.24, 2.45) is 11.7 Å². The molecule has 0 spiro atoms. The van der Waals surface area contributed by atoms with Crippen LogP contribution in [0, 0.1) is 18.7 Å². The number of nitrogens with one attached hydrogen (secondary N) is 1. The van der Waals surface area contributed by atoms with Gasteiger partial charge in [0.25, 0.3) is 0 Å². The van der Waals surface area contributed by atoms with E-state index >= 15 is 0 Å². The molecule has 1 atom stereocenters. The number of carbonyl (C=O) groups excluding carboxylic acids is 1. The molecule has 3 heterocycles. The third-order valence-corrected chi connectivity index (χ3v) is 6.31. The third-order valence-electron chi connectivity index (χ3n) is 5.22. The summed E-state index contributed by atoms with van der Waals surface area (Å²) in [4.78, 5) is 18.1.